The Labute approximate surface area is 286 Å². The van der Waals surface area contributed by atoms with E-state index in [-0.39, 0.29) is 52.0 Å². The van der Waals surface area contributed by atoms with Crippen LogP contribution in [0.25, 0.3) is 11.1 Å². The van der Waals surface area contributed by atoms with Crippen molar-refractivity contribution in [2.75, 3.05) is 13.1 Å². The third-order valence-electron chi connectivity index (χ3n) is 9.31. The monoisotopic (exact) mass is 692 g/mol. The molecular formula is C35H38F2N6O5S. The molecular weight excluding hydrogens is 654 g/mol. The van der Waals surface area contributed by atoms with Crippen molar-refractivity contribution < 1.29 is 32.7 Å². The summed E-state index contributed by atoms with van der Waals surface area (Å²) in [4.78, 5) is 54.6. The molecule has 258 valence electrons. The number of amides is 4. The molecule has 0 radical (unpaired) electrons. The Morgan fingerprint density at radius 1 is 1.06 bits per heavy atom. The second-order valence-electron chi connectivity index (χ2n) is 13.8. The van der Waals surface area contributed by atoms with Crippen molar-refractivity contribution in [3.8, 4) is 11.1 Å². The van der Waals surface area contributed by atoms with Crippen molar-refractivity contribution in [2.24, 2.45) is 11.1 Å². The molecule has 49 heavy (non-hydrogen) atoms. The van der Waals surface area contributed by atoms with E-state index in [1.165, 1.54) is 40.5 Å². The minimum atomic E-state index is -3.17. The number of thiophene rings is 1. The van der Waals surface area contributed by atoms with Crippen LogP contribution >= 0.6 is 11.3 Å². The van der Waals surface area contributed by atoms with E-state index in [1.54, 1.807) is 57.3 Å². The number of carbonyl (C=O) groups is 4. The van der Waals surface area contributed by atoms with Crippen LogP contribution in [0.3, 0.4) is 0 Å². The van der Waals surface area contributed by atoms with Crippen molar-refractivity contribution >= 4 is 41.0 Å². The fraction of sp³-hybridized carbons (Fsp3) is 0.400. The maximum atomic E-state index is 15.0. The average Bonchev–Trinajstić information content (AvgIpc) is 3.32. The van der Waals surface area contributed by atoms with E-state index in [1.807, 2.05) is 0 Å². The first-order valence-electron chi connectivity index (χ1n) is 15.9. The molecule has 1 saturated carbocycles. The second kappa shape index (κ2) is 12.3. The second-order valence-corrected chi connectivity index (χ2v) is 14.8. The number of hydrogen-bond acceptors (Lipinski definition) is 8. The molecule has 4 atom stereocenters. The molecule has 3 aliphatic rings. The molecule has 2 fully saturated rings. The van der Waals surface area contributed by atoms with Crippen molar-refractivity contribution in [2.45, 2.75) is 70.2 Å². The minimum Gasteiger partial charge on any atom is -0.444 e. The number of benzene rings is 2. The number of halogens is 2. The number of nitrogens with zero attached hydrogens (tertiary/aromatic N) is 1. The fourth-order valence-corrected chi connectivity index (χ4v) is 7.65. The summed E-state index contributed by atoms with van der Waals surface area (Å²) in [5, 5.41) is 17.9. The van der Waals surface area contributed by atoms with Gasteiger partial charge in [0.25, 0.3) is 11.8 Å². The Hall–Kier alpha value is -4.69. The molecule has 14 heteroatoms. The van der Waals surface area contributed by atoms with E-state index in [9.17, 15) is 28.0 Å². The lowest BCUT2D eigenvalue weighted by atomic mass is 9.99. The van der Waals surface area contributed by atoms with Gasteiger partial charge in [0.2, 0.25) is 11.8 Å². The summed E-state index contributed by atoms with van der Waals surface area (Å²) in [6, 6.07) is 10.3. The Kier molecular flexibility index (Phi) is 8.60. The predicted molar refractivity (Wildman–Crippen MR) is 179 cm³/mol. The molecule has 3 aromatic rings. The highest BCUT2D eigenvalue weighted by molar-refractivity contribution is 7.10. The third kappa shape index (κ3) is 6.42. The van der Waals surface area contributed by atoms with Crippen LogP contribution in [-0.4, -0.2) is 65.3 Å². The zero-order chi connectivity index (χ0) is 35.5. The molecule has 0 unspecified atom stereocenters. The van der Waals surface area contributed by atoms with Gasteiger partial charge < -0.3 is 26.0 Å². The maximum absolute atomic E-state index is 15.0. The highest BCUT2D eigenvalue weighted by Crippen LogP contribution is 2.59. The van der Waals surface area contributed by atoms with Gasteiger partial charge in [-0.05, 0) is 69.9 Å². The van der Waals surface area contributed by atoms with E-state index >= 15 is 0 Å². The van der Waals surface area contributed by atoms with E-state index in [4.69, 9.17) is 15.9 Å². The van der Waals surface area contributed by atoms with Crippen LogP contribution in [0.15, 0.2) is 53.9 Å². The highest BCUT2D eigenvalue weighted by atomic mass is 32.1. The number of ether oxygens (including phenoxy) is 1. The summed E-state index contributed by atoms with van der Waals surface area (Å²) in [6.45, 7) is 6.86. The summed E-state index contributed by atoms with van der Waals surface area (Å²) < 4.78 is 35.1. The van der Waals surface area contributed by atoms with Crippen molar-refractivity contribution in [3.63, 3.8) is 0 Å². The van der Waals surface area contributed by atoms with Gasteiger partial charge in [-0.25, -0.2) is 4.79 Å². The SMILES string of the molecule is C[C@@H](NC(=O)[C@@H]1C[C@]2(CN)C[C@@H]2N1C(=O)CNC(=O)c1ccc2c(c1)-c1ccccc1C2(F)F)c1cc(C(=N)NC(=O)OC(C)(C)C)cs1. The number of rotatable bonds is 8. The highest BCUT2D eigenvalue weighted by Gasteiger charge is 2.66. The molecule has 1 aliphatic heterocycles. The van der Waals surface area contributed by atoms with Gasteiger partial charge in [0.15, 0.2) is 0 Å². The molecule has 4 amide bonds. The van der Waals surface area contributed by atoms with E-state index in [0.717, 1.165) is 4.88 Å². The summed E-state index contributed by atoms with van der Waals surface area (Å²) in [5.74, 6) is -4.73. The van der Waals surface area contributed by atoms with Crippen molar-refractivity contribution in [1.82, 2.24) is 20.9 Å². The molecule has 2 aliphatic carbocycles. The van der Waals surface area contributed by atoms with Crippen LogP contribution in [0.2, 0.25) is 0 Å². The summed E-state index contributed by atoms with van der Waals surface area (Å²) >= 11 is 1.31. The van der Waals surface area contributed by atoms with Gasteiger partial charge >= 0.3 is 6.09 Å². The number of nitrogens with two attached hydrogens (primary N) is 1. The number of carbonyl (C=O) groups excluding carboxylic acids is 4. The number of hydrogen-bond donors (Lipinski definition) is 5. The number of likely N-dealkylation sites (tertiary alicyclic amines) is 1. The van der Waals surface area contributed by atoms with Gasteiger partial charge in [0.1, 0.15) is 17.5 Å². The quantitative estimate of drug-likeness (QED) is 0.170. The fourth-order valence-electron chi connectivity index (χ4n) is 6.75. The molecule has 2 heterocycles. The Balaban J connectivity index is 1.09. The molecule has 0 spiro atoms. The largest absolute Gasteiger partial charge is 0.444 e. The number of alkyl halides is 2. The van der Waals surface area contributed by atoms with E-state index in [0.29, 0.717) is 30.5 Å². The Morgan fingerprint density at radius 3 is 2.49 bits per heavy atom. The molecule has 6 rings (SSSR count). The van der Waals surface area contributed by atoms with Gasteiger partial charge in [0, 0.05) is 50.5 Å². The zero-order valence-electron chi connectivity index (χ0n) is 27.5. The molecule has 2 aromatic carbocycles. The zero-order valence-corrected chi connectivity index (χ0v) is 28.3. The lowest BCUT2D eigenvalue weighted by Crippen LogP contribution is -2.51. The normalized spacial score (nSPS) is 21.9. The van der Waals surface area contributed by atoms with Gasteiger partial charge in [-0.3, -0.25) is 25.1 Å². The summed E-state index contributed by atoms with van der Waals surface area (Å²) in [7, 11) is 0. The van der Waals surface area contributed by atoms with Gasteiger partial charge in [-0.15, -0.1) is 11.3 Å². The minimum absolute atomic E-state index is 0.118. The standard InChI is InChI=1S/C35H38F2N6O5S/c1-18(26-12-20(16-49-26)29(39)42-32(47)48-33(2,3)4)41-31(46)25-13-34(17-38)14-27(34)43(25)28(44)15-40-30(45)19-9-10-24-22(11-19)21-7-5-6-8-23(21)35(24,36)37/h5-12,16,18,25,27H,13-15,17,38H2,1-4H3,(H,40,45)(H,41,46)(H2,39,42,47)/t18-,25+,27+,34-/m1/s1. The molecule has 0 bridgehead atoms. The van der Waals surface area contributed by atoms with Crippen molar-refractivity contribution in [1.29, 1.82) is 5.41 Å². The lowest BCUT2D eigenvalue weighted by molar-refractivity contribution is -0.139. The Morgan fingerprint density at radius 2 is 1.78 bits per heavy atom. The van der Waals surface area contributed by atoms with Crippen LogP contribution in [0, 0.1) is 10.8 Å². The average molecular weight is 693 g/mol. The first-order valence-corrected chi connectivity index (χ1v) is 16.8. The molecule has 6 N–H and O–H groups in total. The molecule has 1 saturated heterocycles. The number of piperidine rings is 1. The van der Waals surface area contributed by atoms with Crippen LogP contribution in [0.4, 0.5) is 13.6 Å². The summed E-state index contributed by atoms with van der Waals surface area (Å²) in [6.07, 6.45) is 0.288. The van der Waals surface area contributed by atoms with E-state index < -0.39 is 41.5 Å². The van der Waals surface area contributed by atoms with Crippen molar-refractivity contribution in [3.05, 3.63) is 81.0 Å². The predicted octanol–water partition coefficient (Wildman–Crippen LogP) is 4.64. The number of fused-ring (bicyclic) bond motifs is 4. The number of amidine groups is 1. The molecule has 1 aromatic heterocycles. The van der Waals surface area contributed by atoms with Gasteiger partial charge in [0.05, 0.1) is 12.6 Å². The smallest absolute Gasteiger partial charge is 0.413 e. The lowest BCUT2D eigenvalue weighted by Gasteiger charge is -2.28. The topological polar surface area (TPSA) is 167 Å². The van der Waals surface area contributed by atoms with Crippen LogP contribution in [0.1, 0.15) is 78.5 Å². The van der Waals surface area contributed by atoms with Crippen LogP contribution in [-0.2, 0) is 20.2 Å². The summed E-state index contributed by atoms with van der Waals surface area (Å²) in [5.41, 5.74) is 5.89. The number of nitrogens with one attached hydrogen (secondary N) is 4. The first kappa shape index (κ1) is 34.2. The Bertz CT molecular complexity index is 1870. The maximum Gasteiger partial charge on any atom is 0.413 e. The van der Waals surface area contributed by atoms with Gasteiger partial charge in [-0.2, -0.15) is 8.78 Å². The van der Waals surface area contributed by atoms with Gasteiger partial charge in [-0.1, -0.05) is 30.3 Å². The van der Waals surface area contributed by atoms with Crippen LogP contribution < -0.4 is 21.7 Å². The number of alkyl carbamates (subject to hydrolysis) is 1. The molecule has 11 nitrogen and oxygen atoms in total. The first-order chi connectivity index (χ1) is 23.0. The van der Waals surface area contributed by atoms with E-state index in [2.05, 4.69) is 16.0 Å². The third-order valence-corrected chi connectivity index (χ3v) is 10.4. The van der Waals surface area contributed by atoms with Crippen LogP contribution in [0.5, 0.6) is 0 Å².